The predicted octanol–water partition coefficient (Wildman–Crippen LogP) is 1.49. The molecule has 0 aromatic heterocycles. The van der Waals surface area contributed by atoms with Gasteiger partial charge in [0.25, 0.3) is 5.91 Å². The van der Waals surface area contributed by atoms with E-state index in [0.717, 1.165) is 0 Å². The minimum absolute atomic E-state index is 0. The third kappa shape index (κ3) is 4.89. The largest absolute Gasteiger partial charge is 0.345 e. The van der Waals surface area contributed by atoms with E-state index in [1.807, 2.05) is 6.92 Å². The van der Waals surface area contributed by atoms with E-state index in [9.17, 15) is 9.59 Å². The summed E-state index contributed by atoms with van der Waals surface area (Å²) >= 11 is 0. The maximum atomic E-state index is 11.8. The van der Waals surface area contributed by atoms with E-state index < -0.39 is 6.04 Å². The first kappa shape index (κ1) is 17.4. The number of hydrogen-bond acceptors (Lipinski definition) is 3. The fourth-order valence-electron chi connectivity index (χ4n) is 1.41. The summed E-state index contributed by atoms with van der Waals surface area (Å²) in [5.41, 5.74) is 6.73. The summed E-state index contributed by atoms with van der Waals surface area (Å²) in [4.78, 5) is 24.9. The Kier molecular flexibility index (Phi) is 7.11. The molecule has 0 aliphatic carbocycles. The van der Waals surface area contributed by atoms with Gasteiger partial charge in [0.2, 0.25) is 5.91 Å². The number of nitrogens with zero attached hydrogens (tertiary/aromatic N) is 1. The van der Waals surface area contributed by atoms with E-state index in [1.165, 1.54) is 4.90 Å². The summed E-state index contributed by atoms with van der Waals surface area (Å²) in [6.45, 7) is 1.84. The molecular weight excluding hydrogens is 266 g/mol. The van der Waals surface area contributed by atoms with Crippen LogP contribution in [0.3, 0.4) is 0 Å². The van der Waals surface area contributed by atoms with E-state index in [1.54, 1.807) is 38.4 Å². The third-order valence-corrected chi connectivity index (χ3v) is 2.56. The van der Waals surface area contributed by atoms with Crippen LogP contribution in [0.25, 0.3) is 0 Å². The van der Waals surface area contributed by atoms with Crippen molar-refractivity contribution in [3.63, 3.8) is 0 Å². The van der Waals surface area contributed by atoms with Crippen LogP contribution >= 0.6 is 12.4 Å². The zero-order valence-electron chi connectivity index (χ0n) is 11.3. The van der Waals surface area contributed by atoms with Gasteiger partial charge in [0.05, 0.1) is 6.04 Å². The number of hydrogen-bond donors (Lipinski definition) is 2. The van der Waals surface area contributed by atoms with E-state index >= 15 is 0 Å². The highest BCUT2D eigenvalue weighted by molar-refractivity contribution is 5.98. The molecule has 0 saturated heterocycles. The van der Waals surface area contributed by atoms with Gasteiger partial charge in [-0.1, -0.05) is 13.0 Å². The lowest BCUT2D eigenvalue weighted by atomic mass is 10.1. The van der Waals surface area contributed by atoms with Gasteiger partial charge in [-0.15, -0.1) is 12.4 Å². The highest BCUT2D eigenvalue weighted by Gasteiger charge is 2.12. The first-order valence-electron chi connectivity index (χ1n) is 5.84. The van der Waals surface area contributed by atoms with Crippen molar-refractivity contribution in [2.45, 2.75) is 19.4 Å². The second-order valence-electron chi connectivity index (χ2n) is 4.28. The Labute approximate surface area is 119 Å². The highest BCUT2D eigenvalue weighted by atomic mass is 35.5. The Morgan fingerprint density at radius 3 is 2.53 bits per heavy atom. The molecule has 0 aliphatic rings. The SMILES string of the molecule is CC[C@H](N)C(=O)Nc1cccc(C(=O)N(C)C)c1.Cl. The molecule has 0 heterocycles. The van der Waals surface area contributed by atoms with Crippen LogP contribution in [0, 0.1) is 0 Å². The Bertz CT molecular complexity index is 449. The fourth-order valence-corrected chi connectivity index (χ4v) is 1.41. The zero-order chi connectivity index (χ0) is 13.7. The van der Waals surface area contributed by atoms with Gasteiger partial charge in [-0.3, -0.25) is 9.59 Å². The Hall–Kier alpha value is -1.59. The minimum atomic E-state index is -0.529. The molecule has 3 N–H and O–H groups in total. The molecule has 6 heteroatoms. The molecule has 1 atom stereocenters. The van der Waals surface area contributed by atoms with Crippen LogP contribution in [0.5, 0.6) is 0 Å². The molecule has 19 heavy (non-hydrogen) atoms. The normalized spacial score (nSPS) is 11.2. The van der Waals surface area contributed by atoms with Gasteiger partial charge in [-0.05, 0) is 24.6 Å². The Morgan fingerprint density at radius 2 is 2.00 bits per heavy atom. The molecule has 1 aromatic rings. The number of rotatable bonds is 4. The highest BCUT2D eigenvalue weighted by Crippen LogP contribution is 2.12. The molecule has 106 valence electrons. The van der Waals surface area contributed by atoms with Crippen molar-refractivity contribution in [1.29, 1.82) is 0 Å². The summed E-state index contributed by atoms with van der Waals surface area (Å²) in [5.74, 6) is -0.349. The van der Waals surface area contributed by atoms with E-state index in [2.05, 4.69) is 5.32 Å². The molecule has 1 rings (SSSR count). The average molecular weight is 286 g/mol. The van der Waals surface area contributed by atoms with Crippen molar-refractivity contribution in [2.24, 2.45) is 5.73 Å². The maximum absolute atomic E-state index is 11.8. The topological polar surface area (TPSA) is 75.4 Å². The summed E-state index contributed by atoms with van der Waals surface area (Å²) in [6.07, 6.45) is 0.572. The van der Waals surface area contributed by atoms with Crippen LogP contribution in [-0.2, 0) is 4.79 Å². The molecule has 0 radical (unpaired) electrons. The van der Waals surface area contributed by atoms with Gasteiger partial charge in [-0.2, -0.15) is 0 Å². The lowest BCUT2D eigenvalue weighted by Crippen LogP contribution is -2.34. The van der Waals surface area contributed by atoms with Crippen molar-refractivity contribution in [3.8, 4) is 0 Å². The van der Waals surface area contributed by atoms with Gasteiger partial charge in [0.15, 0.2) is 0 Å². The van der Waals surface area contributed by atoms with Gasteiger partial charge in [0.1, 0.15) is 0 Å². The standard InChI is InChI=1S/C13H19N3O2.ClH/c1-4-11(14)12(17)15-10-7-5-6-9(8-10)13(18)16(2)3;/h5-8,11H,4,14H2,1-3H3,(H,15,17);1H/t11-;/m0./s1. The van der Waals surface area contributed by atoms with Gasteiger partial charge >= 0.3 is 0 Å². The van der Waals surface area contributed by atoms with Gasteiger partial charge < -0.3 is 16.0 Å². The number of halogens is 1. The van der Waals surface area contributed by atoms with Crippen molar-refractivity contribution < 1.29 is 9.59 Å². The average Bonchev–Trinajstić information content (AvgIpc) is 2.36. The van der Waals surface area contributed by atoms with Crippen LogP contribution in [0.15, 0.2) is 24.3 Å². The quantitative estimate of drug-likeness (QED) is 0.880. The number of amides is 2. The van der Waals surface area contributed by atoms with Gasteiger partial charge in [0, 0.05) is 25.3 Å². The van der Waals surface area contributed by atoms with E-state index in [4.69, 9.17) is 5.73 Å². The molecule has 2 amide bonds. The maximum Gasteiger partial charge on any atom is 0.253 e. The lowest BCUT2D eigenvalue weighted by Gasteiger charge is -2.13. The molecule has 0 fully saturated rings. The summed E-state index contributed by atoms with van der Waals surface area (Å²) in [7, 11) is 3.36. The fraction of sp³-hybridized carbons (Fsp3) is 0.385. The third-order valence-electron chi connectivity index (χ3n) is 2.56. The molecule has 0 bridgehead atoms. The monoisotopic (exact) mass is 285 g/mol. The molecule has 5 nitrogen and oxygen atoms in total. The smallest absolute Gasteiger partial charge is 0.253 e. The summed E-state index contributed by atoms with van der Waals surface area (Å²) < 4.78 is 0. The molecule has 0 spiro atoms. The van der Waals surface area contributed by atoms with Crippen molar-refractivity contribution in [1.82, 2.24) is 4.90 Å². The van der Waals surface area contributed by atoms with Crippen molar-refractivity contribution >= 4 is 29.9 Å². The molecule has 0 unspecified atom stereocenters. The Balaban J connectivity index is 0.00000324. The van der Waals surface area contributed by atoms with Gasteiger partial charge in [-0.25, -0.2) is 0 Å². The number of nitrogens with one attached hydrogen (secondary N) is 1. The number of benzene rings is 1. The molecule has 0 aliphatic heterocycles. The zero-order valence-corrected chi connectivity index (χ0v) is 12.2. The molecule has 0 saturated carbocycles. The lowest BCUT2D eigenvalue weighted by molar-refractivity contribution is -0.117. The van der Waals surface area contributed by atoms with Crippen molar-refractivity contribution in [2.75, 3.05) is 19.4 Å². The van der Waals surface area contributed by atoms with Crippen LogP contribution in [0.2, 0.25) is 0 Å². The van der Waals surface area contributed by atoms with E-state index in [0.29, 0.717) is 17.7 Å². The second-order valence-corrected chi connectivity index (χ2v) is 4.28. The molecular formula is C13H20ClN3O2. The van der Waals surface area contributed by atoms with Crippen LogP contribution in [-0.4, -0.2) is 36.9 Å². The second kappa shape index (κ2) is 7.76. The summed E-state index contributed by atoms with van der Waals surface area (Å²) in [6, 6.07) is 6.27. The first-order valence-corrected chi connectivity index (χ1v) is 5.84. The Morgan fingerprint density at radius 1 is 1.37 bits per heavy atom. The minimum Gasteiger partial charge on any atom is -0.345 e. The van der Waals surface area contributed by atoms with Crippen LogP contribution in [0.1, 0.15) is 23.7 Å². The van der Waals surface area contributed by atoms with Crippen LogP contribution < -0.4 is 11.1 Å². The molecule has 1 aromatic carbocycles. The number of carbonyl (C=O) groups is 2. The predicted molar refractivity (Wildman–Crippen MR) is 78.6 cm³/mol. The number of carbonyl (C=O) groups excluding carboxylic acids is 2. The van der Waals surface area contributed by atoms with Crippen LogP contribution in [0.4, 0.5) is 5.69 Å². The number of anilines is 1. The first-order chi connectivity index (χ1) is 8.45. The van der Waals surface area contributed by atoms with Crippen molar-refractivity contribution in [3.05, 3.63) is 29.8 Å². The number of nitrogens with two attached hydrogens (primary N) is 1. The van der Waals surface area contributed by atoms with E-state index in [-0.39, 0.29) is 24.2 Å². The summed E-state index contributed by atoms with van der Waals surface area (Å²) in [5, 5.41) is 2.69.